The molecule has 0 unspecified atom stereocenters. The molecule has 1 atom stereocenters. The normalized spacial score (nSPS) is 15.0. The van der Waals surface area contributed by atoms with Gasteiger partial charge in [0.05, 0.1) is 0 Å². The number of rotatable bonds is 9. The number of hydrogen-bond donors (Lipinski definition) is 2. The highest BCUT2D eigenvalue weighted by molar-refractivity contribution is 5.87. The van der Waals surface area contributed by atoms with Gasteiger partial charge in [0.2, 0.25) is 11.8 Å². The fourth-order valence-electron chi connectivity index (χ4n) is 4.24. The molecule has 0 aromatic heterocycles. The molecule has 3 rings (SSSR count). The molecule has 2 aromatic rings. The topological polar surface area (TPSA) is 97.0 Å². The molecule has 1 heterocycles. The van der Waals surface area contributed by atoms with Crippen LogP contribution in [0.2, 0.25) is 0 Å². The van der Waals surface area contributed by atoms with Crippen LogP contribution in [0.1, 0.15) is 51.2 Å². The molecule has 1 aliphatic rings. The van der Waals surface area contributed by atoms with Crippen LogP contribution in [0.3, 0.4) is 0 Å². The van der Waals surface area contributed by atoms with Gasteiger partial charge in [-0.15, -0.1) is 0 Å². The Morgan fingerprint density at radius 2 is 1.62 bits per heavy atom. The van der Waals surface area contributed by atoms with E-state index in [9.17, 15) is 14.4 Å². The number of likely N-dealkylation sites (tertiary alicyclic amines) is 1. The second-order valence-electron chi connectivity index (χ2n) is 10.5. The molecule has 0 spiro atoms. The minimum absolute atomic E-state index is 0.157. The third kappa shape index (κ3) is 9.44. The Kier molecular flexibility index (Phi) is 9.94. The molecule has 3 amide bonds. The highest BCUT2D eigenvalue weighted by atomic mass is 16.6. The minimum atomic E-state index is -0.671. The zero-order valence-corrected chi connectivity index (χ0v) is 22.3. The van der Waals surface area contributed by atoms with Crippen molar-refractivity contribution in [2.45, 2.75) is 64.7 Å². The molecule has 37 heavy (non-hydrogen) atoms. The van der Waals surface area contributed by atoms with Gasteiger partial charge < -0.3 is 25.0 Å². The van der Waals surface area contributed by atoms with Gasteiger partial charge in [-0.05, 0) is 62.8 Å². The van der Waals surface area contributed by atoms with E-state index in [4.69, 9.17) is 9.47 Å². The van der Waals surface area contributed by atoms with Crippen molar-refractivity contribution in [3.63, 3.8) is 0 Å². The Labute approximate surface area is 219 Å². The summed E-state index contributed by atoms with van der Waals surface area (Å²) < 4.78 is 11.3. The highest BCUT2D eigenvalue weighted by Crippen LogP contribution is 2.22. The average Bonchev–Trinajstić information content (AvgIpc) is 2.87. The first-order valence-electron chi connectivity index (χ1n) is 12.9. The van der Waals surface area contributed by atoms with Gasteiger partial charge in [-0.2, -0.15) is 0 Å². The van der Waals surface area contributed by atoms with Gasteiger partial charge >= 0.3 is 6.09 Å². The van der Waals surface area contributed by atoms with Gasteiger partial charge in [-0.25, -0.2) is 4.79 Å². The third-order valence-corrected chi connectivity index (χ3v) is 6.25. The summed E-state index contributed by atoms with van der Waals surface area (Å²) in [7, 11) is 1.56. The van der Waals surface area contributed by atoms with E-state index in [1.165, 1.54) is 0 Å². The lowest BCUT2D eigenvalue weighted by Gasteiger charge is -2.33. The standard InChI is InChI=1S/C29H39N3O5/c1-29(2,3)37-28(35)32-16-14-22(15-17-32)19-26(33)31-25(27(34)30-4)18-21-10-12-24(13-11-21)36-20-23-8-6-5-7-9-23/h5-13,22,25H,14-20H2,1-4H3,(H,30,34)(H,31,33)/t25-/m0/s1. The van der Waals surface area contributed by atoms with Crippen LogP contribution in [0.4, 0.5) is 4.79 Å². The molecule has 1 saturated heterocycles. The number of nitrogens with zero attached hydrogens (tertiary/aromatic N) is 1. The van der Waals surface area contributed by atoms with Crippen molar-refractivity contribution in [3.8, 4) is 5.75 Å². The highest BCUT2D eigenvalue weighted by Gasteiger charge is 2.29. The van der Waals surface area contributed by atoms with Crippen molar-refractivity contribution in [1.29, 1.82) is 0 Å². The van der Waals surface area contributed by atoms with E-state index in [0.29, 0.717) is 32.5 Å². The number of amides is 3. The predicted octanol–water partition coefficient (Wildman–Crippen LogP) is 4.08. The number of likely N-dealkylation sites (N-methyl/N-ethyl adjacent to an activating group) is 1. The smallest absolute Gasteiger partial charge is 0.410 e. The maximum absolute atomic E-state index is 12.8. The summed E-state index contributed by atoms with van der Waals surface area (Å²) in [5, 5.41) is 5.55. The van der Waals surface area contributed by atoms with E-state index in [-0.39, 0.29) is 23.8 Å². The monoisotopic (exact) mass is 509 g/mol. The van der Waals surface area contributed by atoms with Crippen molar-refractivity contribution < 1.29 is 23.9 Å². The summed E-state index contributed by atoms with van der Waals surface area (Å²) >= 11 is 0. The Hall–Kier alpha value is -3.55. The van der Waals surface area contributed by atoms with Crippen LogP contribution in [0.5, 0.6) is 5.75 Å². The van der Waals surface area contributed by atoms with Gasteiger partial charge in [0, 0.05) is 33.0 Å². The number of carbonyl (C=O) groups is 3. The second kappa shape index (κ2) is 13.1. The average molecular weight is 510 g/mol. The summed E-state index contributed by atoms with van der Waals surface area (Å²) in [5.74, 6) is 0.501. The molecule has 200 valence electrons. The van der Waals surface area contributed by atoms with E-state index in [1.54, 1.807) is 11.9 Å². The zero-order valence-electron chi connectivity index (χ0n) is 22.3. The van der Waals surface area contributed by atoms with E-state index in [0.717, 1.165) is 29.7 Å². The lowest BCUT2D eigenvalue weighted by molar-refractivity contribution is -0.129. The zero-order chi connectivity index (χ0) is 26.8. The molecule has 8 heteroatoms. The van der Waals surface area contributed by atoms with Gasteiger partial charge in [0.1, 0.15) is 24.0 Å². The van der Waals surface area contributed by atoms with Crippen LogP contribution in [0, 0.1) is 5.92 Å². The van der Waals surface area contributed by atoms with Crippen molar-refractivity contribution in [2.24, 2.45) is 5.92 Å². The minimum Gasteiger partial charge on any atom is -0.489 e. The first kappa shape index (κ1) is 28.0. The predicted molar refractivity (Wildman–Crippen MR) is 142 cm³/mol. The number of ether oxygens (including phenoxy) is 2. The molecule has 2 aromatic carbocycles. The van der Waals surface area contributed by atoms with E-state index in [2.05, 4.69) is 10.6 Å². The quantitative estimate of drug-likeness (QED) is 0.531. The van der Waals surface area contributed by atoms with Gasteiger partial charge in [0.25, 0.3) is 0 Å². The lowest BCUT2D eigenvalue weighted by atomic mass is 9.93. The maximum Gasteiger partial charge on any atom is 0.410 e. The van der Waals surface area contributed by atoms with E-state index >= 15 is 0 Å². The summed E-state index contributed by atoms with van der Waals surface area (Å²) in [6.07, 6.45) is 1.83. The Morgan fingerprint density at radius 3 is 2.22 bits per heavy atom. The molecule has 2 N–H and O–H groups in total. The maximum atomic E-state index is 12.8. The summed E-state index contributed by atoms with van der Waals surface area (Å²) in [5.41, 5.74) is 1.48. The number of nitrogens with one attached hydrogen (secondary N) is 2. The van der Waals surface area contributed by atoms with Crippen molar-refractivity contribution in [3.05, 3.63) is 65.7 Å². The first-order valence-corrected chi connectivity index (χ1v) is 12.9. The van der Waals surface area contributed by atoms with Crippen LogP contribution in [0.15, 0.2) is 54.6 Å². The molecule has 0 radical (unpaired) electrons. The van der Waals surface area contributed by atoms with Gasteiger partial charge in [0.15, 0.2) is 0 Å². The fraction of sp³-hybridized carbons (Fsp3) is 0.483. The van der Waals surface area contributed by atoms with Gasteiger partial charge in [-0.3, -0.25) is 9.59 Å². The number of carbonyl (C=O) groups excluding carboxylic acids is 3. The number of hydrogen-bond acceptors (Lipinski definition) is 5. The molecule has 0 saturated carbocycles. The van der Waals surface area contributed by atoms with Crippen LogP contribution in [-0.4, -0.2) is 54.6 Å². The Balaban J connectivity index is 1.47. The Bertz CT molecular complexity index is 1030. The third-order valence-electron chi connectivity index (χ3n) is 6.25. The molecular formula is C29H39N3O5. The first-order chi connectivity index (χ1) is 17.6. The molecule has 0 bridgehead atoms. The van der Waals surface area contributed by atoms with Crippen molar-refractivity contribution >= 4 is 17.9 Å². The lowest BCUT2D eigenvalue weighted by Crippen LogP contribution is -2.48. The van der Waals surface area contributed by atoms with Crippen LogP contribution < -0.4 is 15.4 Å². The van der Waals surface area contributed by atoms with E-state index < -0.39 is 11.6 Å². The second-order valence-corrected chi connectivity index (χ2v) is 10.5. The van der Waals surface area contributed by atoms with Crippen LogP contribution >= 0.6 is 0 Å². The van der Waals surface area contributed by atoms with Crippen LogP contribution in [0.25, 0.3) is 0 Å². The molecule has 0 aliphatic carbocycles. The summed E-state index contributed by atoms with van der Waals surface area (Å²) in [6.45, 7) is 7.14. The fourth-order valence-corrected chi connectivity index (χ4v) is 4.24. The number of benzene rings is 2. The van der Waals surface area contributed by atoms with Crippen LogP contribution in [-0.2, 0) is 27.4 Å². The van der Waals surface area contributed by atoms with E-state index in [1.807, 2.05) is 75.4 Å². The molecule has 8 nitrogen and oxygen atoms in total. The van der Waals surface area contributed by atoms with Gasteiger partial charge in [-0.1, -0.05) is 42.5 Å². The summed E-state index contributed by atoms with van der Waals surface area (Å²) in [6, 6.07) is 16.8. The molecular weight excluding hydrogens is 470 g/mol. The summed E-state index contributed by atoms with van der Waals surface area (Å²) in [4.78, 5) is 39.2. The SMILES string of the molecule is CNC(=O)[C@H](Cc1ccc(OCc2ccccc2)cc1)NC(=O)CC1CCN(C(=O)OC(C)(C)C)CC1. The number of piperidine rings is 1. The van der Waals surface area contributed by atoms with Crippen molar-refractivity contribution in [1.82, 2.24) is 15.5 Å². The Morgan fingerprint density at radius 1 is 0.973 bits per heavy atom. The largest absolute Gasteiger partial charge is 0.489 e. The molecule has 1 aliphatic heterocycles. The molecule has 1 fully saturated rings. The van der Waals surface area contributed by atoms with Crippen molar-refractivity contribution in [2.75, 3.05) is 20.1 Å².